The van der Waals surface area contributed by atoms with Crippen molar-refractivity contribution < 1.29 is 14.3 Å². The quantitative estimate of drug-likeness (QED) is 0.509. The molecule has 0 fully saturated rings. The molecule has 4 rings (SSSR count). The van der Waals surface area contributed by atoms with Crippen molar-refractivity contribution in [1.29, 1.82) is 0 Å². The van der Waals surface area contributed by atoms with Crippen LogP contribution in [0, 0.1) is 0 Å². The van der Waals surface area contributed by atoms with Crippen LogP contribution in [0.15, 0.2) is 60.8 Å². The summed E-state index contributed by atoms with van der Waals surface area (Å²) in [6.07, 6.45) is 1.88. The molecule has 2 aromatic carbocycles. The molecule has 29 heavy (non-hydrogen) atoms. The first kappa shape index (κ1) is 18.9. The molecule has 1 N–H and O–H groups in total. The van der Waals surface area contributed by atoms with Crippen LogP contribution in [0.3, 0.4) is 0 Å². The maximum atomic E-state index is 12.5. The van der Waals surface area contributed by atoms with Gasteiger partial charge in [0.2, 0.25) is 5.91 Å². The zero-order valence-electron chi connectivity index (χ0n) is 16.0. The van der Waals surface area contributed by atoms with E-state index in [1.165, 1.54) is 0 Å². The Balaban J connectivity index is 1.47. The molecule has 146 valence electrons. The zero-order chi connectivity index (χ0) is 20.2. The van der Waals surface area contributed by atoms with Crippen molar-refractivity contribution in [1.82, 2.24) is 9.97 Å². The molecule has 0 spiro atoms. The van der Waals surface area contributed by atoms with Crippen LogP contribution in [-0.4, -0.2) is 30.1 Å². The molecule has 7 heteroatoms. The number of carbonyl (C=O) groups is 1. The highest BCUT2D eigenvalue weighted by atomic mass is 32.1. The zero-order valence-corrected chi connectivity index (χ0v) is 16.8. The Hall–Kier alpha value is -3.45. The Labute approximate surface area is 172 Å². The van der Waals surface area contributed by atoms with Gasteiger partial charge in [0.15, 0.2) is 0 Å². The summed E-state index contributed by atoms with van der Waals surface area (Å²) in [7, 11) is 3.16. The van der Waals surface area contributed by atoms with E-state index in [0.29, 0.717) is 17.3 Å². The maximum Gasteiger partial charge on any atom is 0.230 e. The number of benzene rings is 2. The predicted molar refractivity (Wildman–Crippen MR) is 115 cm³/mol. The topological polar surface area (TPSA) is 73.3 Å². The number of rotatable bonds is 6. The van der Waals surface area contributed by atoms with Crippen molar-refractivity contribution in [3.63, 3.8) is 0 Å². The number of carbonyl (C=O) groups excluding carboxylic acids is 1. The fraction of sp³-hybridized carbons (Fsp3) is 0.136. The summed E-state index contributed by atoms with van der Waals surface area (Å²) < 4.78 is 11.7. The number of para-hydroxylation sites is 1. The maximum absolute atomic E-state index is 12.5. The lowest BCUT2D eigenvalue weighted by molar-refractivity contribution is -0.115. The minimum absolute atomic E-state index is 0.154. The van der Waals surface area contributed by atoms with Gasteiger partial charge in [0, 0.05) is 17.3 Å². The average molecular weight is 405 g/mol. The van der Waals surface area contributed by atoms with E-state index in [-0.39, 0.29) is 12.3 Å². The van der Waals surface area contributed by atoms with Crippen LogP contribution in [0.25, 0.3) is 20.8 Å². The number of fused-ring (bicyclic) bond motifs is 1. The van der Waals surface area contributed by atoms with E-state index in [0.717, 1.165) is 26.4 Å². The van der Waals surface area contributed by atoms with Crippen molar-refractivity contribution >= 4 is 33.3 Å². The number of anilines is 1. The van der Waals surface area contributed by atoms with Crippen molar-refractivity contribution in [2.45, 2.75) is 6.42 Å². The van der Waals surface area contributed by atoms with Gasteiger partial charge in [-0.15, -0.1) is 11.3 Å². The van der Waals surface area contributed by atoms with Crippen LogP contribution in [0.4, 0.5) is 5.82 Å². The molecule has 0 unspecified atom stereocenters. The van der Waals surface area contributed by atoms with Crippen LogP contribution >= 0.6 is 11.3 Å². The van der Waals surface area contributed by atoms with Crippen LogP contribution in [-0.2, 0) is 11.2 Å². The van der Waals surface area contributed by atoms with E-state index in [9.17, 15) is 4.79 Å². The van der Waals surface area contributed by atoms with E-state index in [4.69, 9.17) is 9.47 Å². The number of thiazole rings is 1. The molecule has 2 aromatic heterocycles. The number of hydrogen-bond donors (Lipinski definition) is 1. The number of hydrogen-bond acceptors (Lipinski definition) is 6. The number of ether oxygens (including phenoxy) is 2. The lowest BCUT2D eigenvalue weighted by Crippen LogP contribution is -2.15. The first-order valence-electron chi connectivity index (χ1n) is 8.99. The van der Waals surface area contributed by atoms with Gasteiger partial charge >= 0.3 is 0 Å². The van der Waals surface area contributed by atoms with Gasteiger partial charge in [-0.2, -0.15) is 0 Å². The fourth-order valence-corrected chi connectivity index (χ4v) is 3.93. The molecule has 0 saturated carbocycles. The third-order valence-corrected chi connectivity index (χ3v) is 5.50. The van der Waals surface area contributed by atoms with Gasteiger partial charge in [-0.1, -0.05) is 12.1 Å². The molecular formula is C22H19N3O3S. The summed E-state index contributed by atoms with van der Waals surface area (Å²) in [5.41, 5.74) is 2.63. The Bertz CT molecular complexity index is 1120. The first-order chi connectivity index (χ1) is 14.2. The molecule has 0 aliphatic heterocycles. The number of pyridine rings is 1. The monoisotopic (exact) mass is 405 g/mol. The molecule has 0 saturated heterocycles. The van der Waals surface area contributed by atoms with Gasteiger partial charge in [-0.3, -0.25) is 4.79 Å². The minimum Gasteiger partial charge on any atom is -0.497 e. The molecule has 2 heterocycles. The predicted octanol–water partition coefficient (Wildman–Crippen LogP) is 4.56. The Morgan fingerprint density at radius 1 is 1.07 bits per heavy atom. The highest BCUT2D eigenvalue weighted by Gasteiger charge is 2.12. The largest absolute Gasteiger partial charge is 0.497 e. The van der Waals surface area contributed by atoms with E-state index >= 15 is 0 Å². The molecule has 4 aromatic rings. The Morgan fingerprint density at radius 3 is 2.66 bits per heavy atom. The Morgan fingerprint density at radius 2 is 1.93 bits per heavy atom. The first-order valence-corrected chi connectivity index (χ1v) is 9.80. The summed E-state index contributed by atoms with van der Waals surface area (Å²) in [6, 6.07) is 17.1. The van der Waals surface area contributed by atoms with Gasteiger partial charge in [0.1, 0.15) is 22.3 Å². The van der Waals surface area contributed by atoms with Gasteiger partial charge in [-0.25, -0.2) is 9.97 Å². The number of nitrogens with zero attached hydrogens (tertiary/aromatic N) is 2. The second-order valence-electron chi connectivity index (χ2n) is 6.32. The van der Waals surface area contributed by atoms with E-state index < -0.39 is 0 Å². The summed E-state index contributed by atoms with van der Waals surface area (Å²) in [6.45, 7) is 0. The minimum atomic E-state index is -0.184. The average Bonchev–Trinajstić information content (AvgIpc) is 3.18. The van der Waals surface area contributed by atoms with E-state index in [1.54, 1.807) is 56.0 Å². The highest BCUT2D eigenvalue weighted by molar-refractivity contribution is 7.21. The molecule has 0 atom stereocenters. The lowest BCUT2D eigenvalue weighted by atomic mass is 10.1. The second-order valence-corrected chi connectivity index (χ2v) is 7.35. The molecule has 0 aliphatic rings. The highest BCUT2D eigenvalue weighted by Crippen LogP contribution is 2.30. The van der Waals surface area contributed by atoms with Crippen LogP contribution in [0.5, 0.6) is 11.5 Å². The number of methoxy groups -OCH3 is 2. The molecule has 0 aliphatic carbocycles. The molecular weight excluding hydrogens is 386 g/mol. The van der Waals surface area contributed by atoms with Crippen molar-refractivity contribution in [3.05, 3.63) is 66.4 Å². The van der Waals surface area contributed by atoms with Crippen molar-refractivity contribution in [2.24, 2.45) is 0 Å². The van der Waals surface area contributed by atoms with E-state index in [1.807, 2.05) is 30.3 Å². The summed E-state index contributed by atoms with van der Waals surface area (Å²) in [5.74, 6) is 1.62. The van der Waals surface area contributed by atoms with Crippen LogP contribution in [0.2, 0.25) is 0 Å². The Kier molecular flexibility index (Phi) is 5.39. The van der Waals surface area contributed by atoms with E-state index in [2.05, 4.69) is 15.3 Å². The van der Waals surface area contributed by atoms with Crippen LogP contribution in [0.1, 0.15) is 5.56 Å². The van der Waals surface area contributed by atoms with Gasteiger partial charge in [0.25, 0.3) is 0 Å². The summed E-state index contributed by atoms with van der Waals surface area (Å²) >= 11 is 1.62. The van der Waals surface area contributed by atoms with Crippen molar-refractivity contribution in [2.75, 3.05) is 19.5 Å². The molecule has 0 bridgehead atoms. The normalized spacial score (nSPS) is 10.7. The number of amides is 1. The molecule has 1 amide bonds. The van der Waals surface area contributed by atoms with Crippen LogP contribution < -0.4 is 14.8 Å². The van der Waals surface area contributed by atoms with Gasteiger partial charge in [0.05, 0.1) is 30.9 Å². The van der Waals surface area contributed by atoms with Gasteiger partial charge < -0.3 is 14.8 Å². The molecule has 0 radical (unpaired) electrons. The fourth-order valence-electron chi connectivity index (χ4n) is 2.97. The number of nitrogens with one attached hydrogen (secondary N) is 1. The number of aromatic nitrogens is 2. The smallest absolute Gasteiger partial charge is 0.230 e. The van der Waals surface area contributed by atoms with Crippen molar-refractivity contribution in [3.8, 4) is 22.1 Å². The summed E-state index contributed by atoms with van der Waals surface area (Å²) in [4.78, 5) is 21.5. The molecule has 6 nitrogen and oxygen atoms in total. The third-order valence-electron chi connectivity index (χ3n) is 4.41. The second kappa shape index (κ2) is 8.28. The van der Waals surface area contributed by atoms with Gasteiger partial charge in [-0.05, 0) is 42.5 Å². The summed E-state index contributed by atoms with van der Waals surface area (Å²) in [5, 5.41) is 3.72. The standard InChI is InChI=1S/C22H19N3O3S/c1-27-16-8-9-18(28-2)15(11-16)12-21(26)25-20-10-7-14(13-23-20)22-24-17-5-3-4-6-19(17)29-22/h3-11,13H,12H2,1-2H3,(H,23,25,26). The SMILES string of the molecule is COc1ccc(OC)c(CC(=O)Nc2ccc(-c3nc4ccccc4s3)cn2)c1. The third kappa shape index (κ3) is 4.20. The lowest BCUT2D eigenvalue weighted by Gasteiger charge is -2.10.